The number of aromatic nitrogens is 1. The number of nitrogens with zero attached hydrogens (tertiary/aromatic N) is 3. The summed E-state index contributed by atoms with van der Waals surface area (Å²) in [7, 11) is 1.58. The van der Waals surface area contributed by atoms with Gasteiger partial charge in [0.05, 0.1) is 40.0 Å². The van der Waals surface area contributed by atoms with E-state index >= 15 is 0 Å². The van der Waals surface area contributed by atoms with E-state index in [9.17, 15) is 14.4 Å². The summed E-state index contributed by atoms with van der Waals surface area (Å²) < 4.78 is 19.4. The predicted octanol–water partition coefficient (Wildman–Crippen LogP) is 4.35. The van der Waals surface area contributed by atoms with Crippen LogP contribution in [-0.4, -0.2) is 54.8 Å². The number of carbonyl (C=O) groups excluding carboxylic acids is 2. The molecule has 2 aliphatic rings. The minimum atomic E-state index is -0.717. The third-order valence-corrected chi connectivity index (χ3v) is 8.99. The molecule has 11 heteroatoms. The molecule has 0 spiro atoms. The van der Waals surface area contributed by atoms with Crippen LogP contribution in [0.4, 0.5) is 0 Å². The Morgan fingerprint density at radius 3 is 2.51 bits per heavy atom. The first-order valence-electron chi connectivity index (χ1n) is 14.4. The number of hydrogen-bond donors (Lipinski definition) is 0. The lowest BCUT2D eigenvalue weighted by Crippen LogP contribution is -2.40. The Morgan fingerprint density at radius 1 is 1.12 bits per heavy atom. The van der Waals surface area contributed by atoms with Crippen LogP contribution in [0.2, 0.25) is 0 Å². The number of halogens is 1. The van der Waals surface area contributed by atoms with Crippen molar-refractivity contribution in [2.45, 2.75) is 45.6 Å². The highest BCUT2D eigenvalue weighted by Crippen LogP contribution is 2.36. The number of ether oxygens (including phenoxy) is 3. The molecule has 9 nitrogen and oxygen atoms in total. The normalized spacial score (nSPS) is 16.6. The fraction of sp³-hybridized carbons (Fsp3) is 0.375. The summed E-state index contributed by atoms with van der Waals surface area (Å²) in [6.07, 6.45) is 5.21. The maximum atomic E-state index is 14.0. The predicted molar refractivity (Wildman–Crippen MR) is 168 cm³/mol. The van der Waals surface area contributed by atoms with E-state index in [2.05, 4.69) is 15.9 Å². The largest absolute Gasteiger partial charge is 0.496 e. The summed E-state index contributed by atoms with van der Waals surface area (Å²) in [5, 5.41) is 0. The molecule has 1 saturated heterocycles. The smallest absolute Gasteiger partial charge is 0.338 e. The van der Waals surface area contributed by atoms with E-state index in [4.69, 9.17) is 19.2 Å². The van der Waals surface area contributed by atoms with Crippen LogP contribution in [0.1, 0.15) is 56.7 Å². The van der Waals surface area contributed by atoms with E-state index in [1.165, 1.54) is 11.3 Å². The number of fused-ring (bicyclic) bond motifs is 1. The summed E-state index contributed by atoms with van der Waals surface area (Å²) >= 11 is 4.83. The number of benzene rings is 2. The second-order valence-corrected chi connectivity index (χ2v) is 12.1. The first-order valence-corrected chi connectivity index (χ1v) is 16.0. The van der Waals surface area contributed by atoms with Gasteiger partial charge in [-0.05, 0) is 83.6 Å². The van der Waals surface area contributed by atoms with Crippen molar-refractivity contribution in [3.05, 3.63) is 89.0 Å². The van der Waals surface area contributed by atoms with E-state index in [0.717, 1.165) is 43.5 Å². The highest BCUT2D eigenvalue weighted by molar-refractivity contribution is 9.10. The molecule has 1 aromatic heterocycles. The number of likely N-dealkylation sites (tertiary alicyclic amines) is 1. The number of allylic oxidation sites excluding steroid dienone is 1. The van der Waals surface area contributed by atoms with Crippen LogP contribution < -0.4 is 24.4 Å². The lowest BCUT2D eigenvalue weighted by Gasteiger charge is -2.26. The Bertz CT molecular complexity index is 1720. The summed E-state index contributed by atoms with van der Waals surface area (Å²) in [5.41, 5.74) is 2.26. The first-order chi connectivity index (χ1) is 20.8. The number of hydrogen-bond acceptors (Lipinski definition) is 8. The molecule has 3 aromatic rings. The van der Waals surface area contributed by atoms with Crippen molar-refractivity contribution >= 4 is 45.2 Å². The Labute approximate surface area is 262 Å². The number of carbonyl (C=O) groups is 2. The van der Waals surface area contributed by atoms with E-state index in [1.54, 1.807) is 42.9 Å². The van der Waals surface area contributed by atoms with Crippen LogP contribution in [0.25, 0.3) is 6.08 Å². The van der Waals surface area contributed by atoms with Gasteiger partial charge < -0.3 is 19.1 Å². The lowest BCUT2D eigenvalue weighted by molar-refractivity contribution is -0.139. The molecule has 0 aliphatic carbocycles. The van der Waals surface area contributed by atoms with Gasteiger partial charge in [-0.25, -0.2) is 9.79 Å². The van der Waals surface area contributed by atoms with Crippen molar-refractivity contribution in [3.63, 3.8) is 0 Å². The number of thiazole rings is 1. The third-order valence-electron chi connectivity index (χ3n) is 7.38. The molecule has 1 amide bonds. The van der Waals surface area contributed by atoms with Crippen molar-refractivity contribution in [3.8, 4) is 11.5 Å². The van der Waals surface area contributed by atoms with E-state index in [0.29, 0.717) is 43.0 Å². The summed E-state index contributed by atoms with van der Waals surface area (Å²) in [6.45, 7) is 5.56. The van der Waals surface area contributed by atoms with Gasteiger partial charge in [0.1, 0.15) is 11.5 Å². The van der Waals surface area contributed by atoms with Crippen LogP contribution >= 0.6 is 27.3 Å². The topological polar surface area (TPSA) is 99.4 Å². The standard InChI is InChI=1S/C32H34BrN3O6S/c1-4-8-24-28(31(39)41-5-2)29(21-11-14-25(40-3)23(33)18-21)36-30(38)26(43-32(36)34-24)17-20-9-12-22(13-10-20)42-19-27(37)35-15-6-7-16-35/h9-14,17-18,29H,4-8,15-16,19H2,1-3H3/b26-17+/t29-/m1/s1. The van der Waals surface area contributed by atoms with Crippen molar-refractivity contribution in [1.29, 1.82) is 0 Å². The zero-order valence-electron chi connectivity index (χ0n) is 24.4. The molecule has 5 rings (SSSR count). The highest BCUT2D eigenvalue weighted by Gasteiger charge is 2.34. The maximum absolute atomic E-state index is 14.0. The average molecular weight is 669 g/mol. The molecule has 0 bridgehead atoms. The van der Waals surface area contributed by atoms with Gasteiger partial charge in [-0.3, -0.25) is 14.2 Å². The Hall–Kier alpha value is -3.70. The van der Waals surface area contributed by atoms with Gasteiger partial charge in [-0.1, -0.05) is 42.9 Å². The quantitative estimate of drug-likeness (QED) is 0.298. The molecule has 3 heterocycles. The zero-order valence-corrected chi connectivity index (χ0v) is 26.8. The summed E-state index contributed by atoms with van der Waals surface area (Å²) in [4.78, 5) is 46.8. The minimum Gasteiger partial charge on any atom is -0.496 e. The van der Waals surface area contributed by atoms with Gasteiger partial charge in [0.2, 0.25) is 0 Å². The van der Waals surface area contributed by atoms with Crippen molar-refractivity contribution < 1.29 is 23.8 Å². The monoisotopic (exact) mass is 667 g/mol. The molecular formula is C32H34BrN3O6S. The van der Waals surface area contributed by atoms with Gasteiger partial charge in [0.15, 0.2) is 11.4 Å². The number of amides is 1. The molecule has 43 heavy (non-hydrogen) atoms. The molecule has 2 aromatic carbocycles. The SMILES string of the molecule is CCCC1=C(C(=O)OCC)[C@@H](c2ccc(OC)c(Br)c2)n2c(s/c(=C/c3ccc(OCC(=O)N4CCCC4)cc3)c2=O)=N1. The molecule has 0 unspecified atom stereocenters. The minimum absolute atomic E-state index is 0.00229. The average Bonchev–Trinajstić information content (AvgIpc) is 3.65. The second kappa shape index (κ2) is 13.7. The zero-order chi connectivity index (χ0) is 30.5. The van der Waals surface area contributed by atoms with Crippen LogP contribution in [0.15, 0.2) is 68.0 Å². The maximum Gasteiger partial charge on any atom is 0.338 e. The van der Waals surface area contributed by atoms with Crippen molar-refractivity contribution in [1.82, 2.24) is 9.47 Å². The number of esters is 1. The van der Waals surface area contributed by atoms with Gasteiger partial charge in [-0.2, -0.15) is 0 Å². The third kappa shape index (κ3) is 6.62. The fourth-order valence-electron chi connectivity index (χ4n) is 5.30. The Balaban J connectivity index is 1.52. The van der Waals surface area contributed by atoms with Gasteiger partial charge in [0.25, 0.3) is 11.5 Å². The number of methoxy groups -OCH3 is 1. The van der Waals surface area contributed by atoms with Gasteiger partial charge in [-0.15, -0.1) is 0 Å². The molecular weight excluding hydrogens is 634 g/mol. The van der Waals surface area contributed by atoms with Crippen molar-refractivity contribution in [2.24, 2.45) is 4.99 Å². The lowest BCUT2D eigenvalue weighted by atomic mass is 9.94. The molecule has 0 N–H and O–H groups in total. The molecule has 0 radical (unpaired) electrons. The van der Waals surface area contributed by atoms with Crippen LogP contribution in [0.3, 0.4) is 0 Å². The van der Waals surface area contributed by atoms with E-state index < -0.39 is 12.0 Å². The van der Waals surface area contributed by atoms with Gasteiger partial charge >= 0.3 is 5.97 Å². The Morgan fingerprint density at radius 2 is 1.86 bits per heavy atom. The van der Waals surface area contributed by atoms with Crippen molar-refractivity contribution in [2.75, 3.05) is 33.4 Å². The summed E-state index contributed by atoms with van der Waals surface area (Å²) in [6, 6.07) is 12.1. The van der Waals surface area contributed by atoms with E-state index in [1.807, 2.05) is 36.1 Å². The number of rotatable bonds is 10. The van der Waals surface area contributed by atoms with Gasteiger partial charge in [0, 0.05) is 13.1 Å². The van der Waals surface area contributed by atoms with Crippen LogP contribution in [0, 0.1) is 0 Å². The summed E-state index contributed by atoms with van der Waals surface area (Å²) in [5.74, 6) is 0.726. The molecule has 1 atom stereocenters. The molecule has 1 fully saturated rings. The fourth-order valence-corrected chi connectivity index (χ4v) is 6.88. The second-order valence-electron chi connectivity index (χ2n) is 10.3. The highest BCUT2D eigenvalue weighted by atomic mass is 79.9. The van der Waals surface area contributed by atoms with Crippen LogP contribution in [-0.2, 0) is 14.3 Å². The molecule has 0 saturated carbocycles. The first kappa shape index (κ1) is 30.7. The van der Waals surface area contributed by atoms with Crippen LogP contribution in [0.5, 0.6) is 11.5 Å². The molecule has 2 aliphatic heterocycles. The molecule has 226 valence electrons. The van der Waals surface area contributed by atoms with E-state index in [-0.39, 0.29) is 24.7 Å². The Kier molecular flexibility index (Phi) is 9.82.